The van der Waals surface area contributed by atoms with Crippen molar-refractivity contribution in [1.82, 2.24) is 9.97 Å². The molecule has 0 saturated heterocycles. The van der Waals surface area contributed by atoms with Crippen molar-refractivity contribution in [2.45, 2.75) is 0 Å². The van der Waals surface area contributed by atoms with E-state index in [2.05, 4.69) is 15.3 Å². The lowest BCUT2D eigenvalue weighted by molar-refractivity contribution is -0.116. The van der Waals surface area contributed by atoms with Gasteiger partial charge >= 0.3 is 0 Å². The largest absolute Gasteiger partial charge is 0.368 e. The molecule has 12 heavy (non-hydrogen) atoms. The predicted molar refractivity (Wildman–Crippen MR) is 39.7 cm³/mol. The number of nitrogens with one attached hydrogen (secondary N) is 1. The van der Waals surface area contributed by atoms with Gasteiger partial charge in [-0.15, -0.1) is 0 Å². The molecule has 0 aliphatic carbocycles. The molecule has 64 valence electrons. The zero-order valence-corrected chi connectivity index (χ0v) is 6.12. The number of hydrogen-bond donors (Lipinski definition) is 2. The van der Waals surface area contributed by atoms with Crippen molar-refractivity contribution in [1.29, 1.82) is 0 Å². The average molecular weight is 170 g/mol. The first kappa shape index (κ1) is 8.38. The molecular weight excluding hydrogens is 163 g/mol. The van der Waals surface area contributed by atoms with E-state index in [1.54, 1.807) is 0 Å². The molecule has 6 heteroatoms. The molecule has 0 radical (unpaired) electrons. The number of carbonyl (C=O) groups is 1. The van der Waals surface area contributed by atoms with E-state index in [0.29, 0.717) is 0 Å². The first-order valence-corrected chi connectivity index (χ1v) is 3.18. The van der Waals surface area contributed by atoms with Gasteiger partial charge in [0.25, 0.3) is 0 Å². The molecule has 0 aliphatic heterocycles. The first-order valence-electron chi connectivity index (χ1n) is 3.18. The van der Waals surface area contributed by atoms with E-state index in [1.165, 1.54) is 0 Å². The molecule has 0 saturated carbocycles. The fraction of sp³-hybridized carbons (Fsp3) is 0.167. The first-order chi connectivity index (χ1) is 5.68. The van der Waals surface area contributed by atoms with E-state index in [9.17, 15) is 9.18 Å². The molecule has 1 aromatic heterocycles. The van der Waals surface area contributed by atoms with Crippen molar-refractivity contribution in [3.63, 3.8) is 0 Å². The van der Waals surface area contributed by atoms with Crippen LogP contribution >= 0.6 is 0 Å². The normalized spacial score (nSPS) is 9.42. The number of nitrogens with zero attached hydrogens (tertiary/aromatic N) is 2. The molecule has 1 aromatic rings. The summed E-state index contributed by atoms with van der Waals surface area (Å²) in [6.45, 7) is -0.0639. The number of amides is 1. The van der Waals surface area contributed by atoms with E-state index >= 15 is 0 Å². The van der Waals surface area contributed by atoms with Crippen molar-refractivity contribution < 1.29 is 9.18 Å². The number of anilines is 1. The highest BCUT2D eigenvalue weighted by molar-refractivity contribution is 5.78. The molecule has 5 nitrogen and oxygen atoms in total. The third-order valence-corrected chi connectivity index (χ3v) is 1.04. The number of aromatic nitrogens is 2. The Kier molecular flexibility index (Phi) is 2.52. The Morgan fingerprint density at radius 3 is 2.67 bits per heavy atom. The van der Waals surface area contributed by atoms with Gasteiger partial charge in [-0.3, -0.25) is 4.79 Å². The average Bonchev–Trinajstić information content (AvgIpc) is 2.03. The minimum absolute atomic E-state index is 0.0639. The number of hydrogen-bond acceptors (Lipinski definition) is 4. The van der Waals surface area contributed by atoms with Gasteiger partial charge in [0.05, 0.1) is 18.9 Å². The summed E-state index contributed by atoms with van der Waals surface area (Å²) < 4.78 is 12.2. The van der Waals surface area contributed by atoms with Crippen LogP contribution in [-0.2, 0) is 4.79 Å². The van der Waals surface area contributed by atoms with Crippen LogP contribution in [0.25, 0.3) is 0 Å². The summed E-state index contributed by atoms with van der Waals surface area (Å²) in [4.78, 5) is 17.4. The molecule has 0 atom stereocenters. The lowest BCUT2D eigenvalue weighted by Crippen LogP contribution is -2.22. The Bertz CT molecular complexity index is 273. The van der Waals surface area contributed by atoms with Crippen LogP contribution in [0.5, 0.6) is 0 Å². The van der Waals surface area contributed by atoms with Crippen molar-refractivity contribution >= 4 is 11.9 Å². The van der Waals surface area contributed by atoms with Crippen LogP contribution in [-0.4, -0.2) is 22.4 Å². The summed E-state index contributed by atoms with van der Waals surface area (Å²) in [5.41, 5.74) is 4.84. The van der Waals surface area contributed by atoms with Crippen LogP contribution in [0.3, 0.4) is 0 Å². The second-order valence-corrected chi connectivity index (χ2v) is 2.04. The van der Waals surface area contributed by atoms with E-state index in [1.807, 2.05) is 0 Å². The fourth-order valence-corrected chi connectivity index (χ4v) is 0.570. The Morgan fingerprint density at radius 2 is 2.17 bits per heavy atom. The van der Waals surface area contributed by atoms with E-state index in [-0.39, 0.29) is 12.5 Å². The molecule has 0 aromatic carbocycles. The molecule has 1 amide bonds. The monoisotopic (exact) mass is 170 g/mol. The van der Waals surface area contributed by atoms with Crippen molar-refractivity contribution in [2.75, 3.05) is 11.9 Å². The third-order valence-electron chi connectivity index (χ3n) is 1.04. The molecular formula is C6H7FN4O. The SMILES string of the molecule is NC(=O)CNc1ncc(F)cn1. The van der Waals surface area contributed by atoms with Crippen LogP contribution in [0.4, 0.5) is 10.3 Å². The van der Waals surface area contributed by atoms with Gasteiger partial charge in [-0.05, 0) is 0 Å². The summed E-state index contributed by atoms with van der Waals surface area (Å²) in [6, 6.07) is 0. The Morgan fingerprint density at radius 1 is 1.58 bits per heavy atom. The molecule has 3 N–H and O–H groups in total. The van der Waals surface area contributed by atoms with Crippen molar-refractivity contribution in [2.24, 2.45) is 5.73 Å². The molecule has 1 heterocycles. The summed E-state index contributed by atoms with van der Waals surface area (Å²) in [5.74, 6) is -0.877. The van der Waals surface area contributed by atoms with Crippen LogP contribution in [0.2, 0.25) is 0 Å². The lowest BCUT2D eigenvalue weighted by atomic mass is 10.6. The minimum Gasteiger partial charge on any atom is -0.368 e. The summed E-state index contributed by atoms with van der Waals surface area (Å²) >= 11 is 0. The molecule has 0 fully saturated rings. The van der Waals surface area contributed by atoms with E-state index in [4.69, 9.17) is 5.73 Å². The Balaban J connectivity index is 2.53. The molecule has 0 spiro atoms. The van der Waals surface area contributed by atoms with Gasteiger partial charge < -0.3 is 11.1 Å². The van der Waals surface area contributed by atoms with Crippen molar-refractivity contribution in [3.05, 3.63) is 18.2 Å². The zero-order valence-electron chi connectivity index (χ0n) is 6.12. The third kappa shape index (κ3) is 2.49. The number of primary amides is 1. The summed E-state index contributed by atoms with van der Waals surface area (Å²) in [6.07, 6.45) is 1.99. The highest BCUT2D eigenvalue weighted by Gasteiger charge is 1.97. The second-order valence-electron chi connectivity index (χ2n) is 2.04. The van der Waals surface area contributed by atoms with E-state index < -0.39 is 11.7 Å². The van der Waals surface area contributed by atoms with Crippen molar-refractivity contribution in [3.8, 4) is 0 Å². The Labute approximate surface area is 67.8 Å². The van der Waals surface area contributed by atoms with Crippen LogP contribution in [0.15, 0.2) is 12.4 Å². The maximum absolute atomic E-state index is 12.2. The quantitative estimate of drug-likeness (QED) is 0.641. The lowest BCUT2D eigenvalue weighted by Gasteiger charge is -1.99. The number of halogens is 1. The fourth-order valence-electron chi connectivity index (χ4n) is 0.570. The molecule has 0 aliphatic rings. The van der Waals surface area contributed by atoms with Gasteiger partial charge in [0.2, 0.25) is 11.9 Å². The zero-order chi connectivity index (χ0) is 8.97. The smallest absolute Gasteiger partial charge is 0.236 e. The highest BCUT2D eigenvalue weighted by Crippen LogP contribution is 1.96. The summed E-state index contributed by atoms with van der Waals surface area (Å²) in [5, 5.41) is 2.51. The number of nitrogens with two attached hydrogens (primary N) is 1. The molecule has 1 rings (SSSR count). The topological polar surface area (TPSA) is 80.9 Å². The number of rotatable bonds is 3. The standard InChI is InChI=1S/C6H7FN4O/c7-4-1-9-6(10-2-4)11-3-5(8)12/h1-2H,3H2,(H2,8,12)(H,9,10,11). The maximum atomic E-state index is 12.2. The second kappa shape index (κ2) is 3.61. The van der Waals surface area contributed by atoms with Crippen LogP contribution < -0.4 is 11.1 Å². The minimum atomic E-state index is -0.528. The summed E-state index contributed by atoms with van der Waals surface area (Å²) in [7, 11) is 0. The van der Waals surface area contributed by atoms with Crippen LogP contribution in [0.1, 0.15) is 0 Å². The highest BCUT2D eigenvalue weighted by atomic mass is 19.1. The van der Waals surface area contributed by atoms with Gasteiger partial charge in [-0.2, -0.15) is 0 Å². The Hall–Kier alpha value is -1.72. The molecule has 0 unspecified atom stereocenters. The number of carbonyl (C=O) groups excluding carboxylic acids is 1. The van der Waals surface area contributed by atoms with E-state index in [0.717, 1.165) is 12.4 Å². The van der Waals surface area contributed by atoms with Crippen LogP contribution in [0, 0.1) is 5.82 Å². The molecule has 0 bridgehead atoms. The van der Waals surface area contributed by atoms with Gasteiger partial charge in [0.15, 0.2) is 5.82 Å². The van der Waals surface area contributed by atoms with Gasteiger partial charge in [-0.25, -0.2) is 14.4 Å². The van der Waals surface area contributed by atoms with Gasteiger partial charge in [-0.1, -0.05) is 0 Å². The van der Waals surface area contributed by atoms with Gasteiger partial charge in [0, 0.05) is 0 Å². The van der Waals surface area contributed by atoms with Gasteiger partial charge in [0.1, 0.15) is 0 Å². The maximum Gasteiger partial charge on any atom is 0.236 e. The predicted octanol–water partition coefficient (Wildman–Crippen LogP) is -0.487.